The van der Waals surface area contributed by atoms with Crippen LogP contribution in [0.5, 0.6) is 0 Å². The summed E-state index contributed by atoms with van der Waals surface area (Å²) in [7, 11) is -3.20. The monoisotopic (exact) mass is 343 g/mol. The predicted octanol–water partition coefficient (Wildman–Crippen LogP) is 1.81. The lowest BCUT2D eigenvalue weighted by molar-refractivity contribution is -0.138. The van der Waals surface area contributed by atoms with Crippen LogP contribution in [0.15, 0.2) is 11.4 Å². The molecule has 124 valence electrons. The molecule has 0 amide bonds. The third kappa shape index (κ3) is 2.94. The molecule has 0 spiro atoms. The van der Waals surface area contributed by atoms with Crippen LogP contribution >= 0.6 is 0 Å². The molecule has 1 unspecified atom stereocenters. The van der Waals surface area contributed by atoms with Gasteiger partial charge in [0.2, 0.25) is 14.9 Å². The molecule has 1 atom stereocenters. The minimum atomic E-state index is -4.76. The average molecular weight is 343 g/mol. The summed E-state index contributed by atoms with van der Waals surface area (Å²) in [5.74, 6) is -1.11. The molecule has 0 aromatic carbocycles. The van der Waals surface area contributed by atoms with E-state index in [4.69, 9.17) is 0 Å². The Morgan fingerprint density at radius 3 is 2.45 bits per heavy atom. The number of nitrogens with zero attached hydrogens (tertiary/aromatic N) is 3. The summed E-state index contributed by atoms with van der Waals surface area (Å²) in [4.78, 5) is 4.68. The second-order valence-electron chi connectivity index (χ2n) is 5.41. The number of sulfone groups is 1. The molecule has 2 rings (SSSR count). The lowest BCUT2D eigenvalue weighted by Gasteiger charge is -2.17. The van der Waals surface area contributed by atoms with Gasteiger partial charge in [-0.2, -0.15) is 18.3 Å². The summed E-state index contributed by atoms with van der Waals surface area (Å²) in [5, 5.41) is 5.75. The van der Waals surface area contributed by atoms with Gasteiger partial charge in [-0.05, 0) is 13.8 Å². The average Bonchev–Trinajstić information content (AvgIpc) is 2.80. The van der Waals surface area contributed by atoms with Crippen LogP contribution < -0.4 is 0 Å². The molecule has 0 radical (unpaired) electrons. The smallest absolute Gasteiger partial charge is 0.385 e. The number of hydrogen-bond acceptors (Lipinski definition) is 5. The zero-order valence-electron chi connectivity index (χ0n) is 11.8. The van der Waals surface area contributed by atoms with Gasteiger partial charge in [0, 0.05) is 13.2 Å². The summed E-state index contributed by atoms with van der Waals surface area (Å²) in [5.41, 5.74) is -3.39. The van der Waals surface area contributed by atoms with E-state index in [2.05, 4.69) is 15.1 Å². The third-order valence-corrected chi connectivity index (χ3v) is 4.63. The molecule has 6 nitrogen and oxygen atoms in total. The Bertz CT molecular complexity index is 721. The second kappa shape index (κ2) is 4.93. The Morgan fingerprint density at radius 1 is 1.41 bits per heavy atom. The lowest BCUT2D eigenvalue weighted by atomic mass is 10.1. The van der Waals surface area contributed by atoms with Gasteiger partial charge in [0.25, 0.3) is 0 Å². The normalized spacial score (nSPS) is 21.6. The number of aromatic nitrogens is 2. The quantitative estimate of drug-likeness (QED) is 0.768. The molecule has 1 aliphatic rings. The van der Waals surface area contributed by atoms with Crippen molar-refractivity contribution in [3.05, 3.63) is 17.5 Å². The number of hydrogen-bond donors (Lipinski definition) is 0. The Balaban J connectivity index is 2.36. The summed E-state index contributed by atoms with van der Waals surface area (Å²) >= 11 is 0. The molecule has 22 heavy (non-hydrogen) atoms. The minimum Gasteiger partial charge on any atom is -0.385 e. The lowest BCUT2D eigenvalue weighted by Crippen LogP contribution is -2.37. The fraction of sp³-hybridized carbons (Fsp3) is 0.636. The fourth-order valence-electron chi connectivity index (χ4n) is 1.90. The van der Waals surface area contributed by atoms with Gasteiger partial charge in [0.1, 0.15) is 5.75 Å². The van der Waals surface area contributed by atoms with Crippen molar-refractivity contribution in [2.24, 2.45) is 12.2 Å². The molecule has 1 aromatic rings. The maximum atomic E-state index is 14.0. The Kier molecular flexibility index (Phi) is 3.75. The molecular formula is C11H13F4N3O3S. The number of alkyl halides is 4. The van der Waals surface area contributed by atoms with Crippen LogP contribution in [0.25, 0.3) is 0 Å². The summed E-state index contributed by atoms with van der Waals surface area (Å²) < 4.78 is 77.6. The molecule has 0 saturated carbocycles. The van der Waals surface area contributed by atoms with Gasteiger partial charge in [-0.15, -0.1) is 0 Å². The SMILES string of the molecule is Cn1cc(C(F)(F)F)c(CS(=O)(=O)C2=NOC(C)(C)C2F)n1. The summed E-state index contributed by atoms with van der Waals surface area (Å²) in [6, 6.07) is 0. The predicted molar refractivity (Wildman–Crippen MR) is 68.3 cm³/mol. The first-order valence-corrected chi connectivity index (χ1v) is 7.72. The molecule has 11 heteroatoms. The molecule has 0 fully saturated rings. The number of halogens is 4. The zero-order chi connectivity index (χ0) is 16.9. The number of rotatable bonds is 2. The molecule has 0 aliphatic carbocycles. The topological polar surface area (TPSA) is 73.5 Å². The van der Waals surface area contributed by atoms with Crippen LogP contribution in [0, 0.1) is 0 Å². The highest BCUT2D eigenvalue weighted by molar-refractivity contribution is 8.05. The minimum absolute atomic E-state index is 0.661. The van der Waals surface area contributed by atoms with Crippen molar-refractivity contribution in [1.29, 1.82) is 0 Å². The van der Waals surface area contributed by atoms with E-state index in [0.717, 1.165) is 4.68 Å². The Labute approximate surface area is 123 Å². The van der Waals surface area contributed by atoms with Crippen molar-refractivity contribution >= 4 is 14.9 Å². The van der Waals surface area contributed by atoms with Crippen LogP contribution in [-0.2, 0) is 33.7 Å². The zero-order valence-corrected chi connectivity index (χ0v) is 12.7. The van der Waals surface area contributed by atoms with Crippen LogP contribution in [0.2, 0.25) is 0 Å². The Hall–Kier alpha value is -1.65. The molecule has 0 saturated heterocycles. The maximum absolute atomic E-state index is 14.0. The molecule has 1 aliphatic heterocycles. The van der Waals surface area contributed by atoms with E-state index in [1.54, 1.807) is 0 Å². The first-order valence-electron chi connectivity index (χ1n) is 6.07. The largest absolute Gasteiger partial charge is 0.419 e. The third-order valence-electron chi connectivity index (χ3n) is 3.05. The van der Waals surface area contributed by atoms with E-state index < -0.39 is 49.8 Å². The number of aryl methyl sites for hydroxylation is 1. The number of oxime groups is 1. The molecule has 0 bridgehead atoms. The van der Waals surface area contributed by atoms with E-state index in [0.29, 0.717) is 6.20 Å². The molecule has 0 N–H and O–H groups in total. The van der Waals surface area contributed by atoms with Gasteiger partial charge < -0.3 is 4.84 Å². The first kappa shape index (κ1) is 16.7. The van der Waals surface area contributed by atoms with Crippen LogP contribution in [0.3, 0.4) is 0 Å². The fourth-order valence-corrected chi connectivity index (χ4v) is 3.37. The Morgan fingerprint density at radius 2 is 2.00 bits per heavy atom. The summed E-state index contributed by atoms with van der Waals surface area (Å²) in [6.07, 6.45) is -6.16. The highest BCUT2D eigenvalue weighted by atomic mass is 32.2. The van der Waals surface area contributed by atoms with Gasteiger partial charge in [0.15, 0.2) is 11.8 Å². The maximum Gasteiger partial charge on any atom is 0.419 e. The van der Waals surface area contributed by atoms with Gasteiger partial charge >= 0.3 is 6.18 Å². The van der Waals surface area contributed by atoms with Gasteiger partial charge in [-0.25, -0.2) is 12.8 Å². The summed E-state index contributed by atoms with van der Waals surface area (Å²) in [6.45, 7) is 2.57. The van der Waals surface area contributed by atoms with Crippen molar-refractivity contribution in [3.63, 3.8) is 0 Å². The van der Waals surface area contributed by atoms with E-state index in [1.165, 1.54) is 20.9 Å². The van der Waals surface area contributed by atoms with Crippen molar-refractivity contribution in [2.45, 2.75) is 37.5 Å². The molecule has 1 aromatic heterocycles. The van der Waals surface area contributed by atoms with Crippen molar-refractivity contribution < 1.29 is 30.8 Å². The van der Waals surface area contributed by atoms with E-state index in [9.17, 15) is 26.0 Å². The van der Waals surface area contributed by atoms with Crippen LogP contribution in [-0.4, -0.2) is 35.0 Å². The highest BCUT2D eigenvalue weighted by Crippen LogP contribution is 2.34. The highest BCUT2D eigenvalue weighted by Gasteiger charge is 2.48. The first-order chi connectivity index (χ1) is 9.84. The van der Waals surface area contributed by atoms with Crippen molar-refractivity contribution in [2.75, 3.05) is 0 Å². The molecule has 2 heterocycles. The van der Waals surface area contributed by atoms with E-state index in [-0.39, 0.29) is 0 Å². The van der Waals surface area contributed by atoms with Gasteiger partial charge in [-0.1, -0.05) is 5.16 Å². The van der Waals surface area contributed by atoms with Crippen molar-refractivity contribution in [1.82, 2.24) is 9.78 Å². The molecular weight excluding hydrogens is 330 g/mol. The van der Waals surface area contributed by atoms with Crippen molar-refractivity contribution in [3.8, 4) is 0 Å². The standard InChI is InChI=1S/C11H13F4N3O3S/c1-10(2)8(12)9(17-21-10)22(19,20)5-7-6(11(13,14)15)4-18(3)16-7/h4,8H,5H2,1-3H3. The van der Waals surface area contributed by atoms with Gasteiger partial charge in [-0.3, -0.25) is 4.68 Å². The van der Waals surface area contributed by atoms with Crippen LogP contribution in [0.1, 0.15) is 25.1 Å². The van der Waals surface area contributed by atoms with Gasteiger partial charge in [0.05, 0.1) is 11.3 Å². The second-order valence-corrected chi connectivity index (χ2v) is 7.34. The van der Waals surface area contributed by atoms with E-state index in [1.807, 2.05) is 0 Å². The van der Waals surface area contributed by atoms with E-state index >= 15 is 0 Å². The van der Waals surface area contributed by atoms with Crippen LogP contribution in [0.4, 0.5) is 17.6 Å².